The van der Waals surface area contributed by atoms with E-state index in [1.54, 1.807) is 53.4 Å². The lowest BCUT2D eigenvalue weighted by atomic mass is 10.1. The van der Waals surface area contributed by atoms with Gasteiger partial charge in [0.1, 0.15) is 18.5 Å². The van der Waals surface area contributed by atoms with E-state index in [9.17, 15) is 24.3 Å². The number of alkyl carbamates (subject to hydrolysis) is 1. The Kier molecular flexibility index (Phi) is 10.2. The van der Waals surface area contributed by atoms with Crippen molar-refractivity contribution in [3.8, 4) is 0 Å². The number of carbonyl (C=O) groups excluding carboxylic acids is 3. The Morgan fingerprint density at radius 3 is 2.25 bits per heavy atom. The number of benzene rings is 3. The first-order valence-corrected chi connectivity index (χ1v) is 14.0. The van der Waals surface area contributed by atoms with E-state index in [0.29, 0.717) is 5.82 Å². The van der Waals surface area contributed by atoms with Gasteiger partial charge in [-0.2, -0.15) is 0 Å². The van der Waals surface area contributed by atoms with Crippen molar-refractivity contribution < 1.29 is 29.0 Å². The Hall–Kier alpha value is -5.39. The molecule has 5 N–H and O–H groups in total. The van der Waals surface area contributed by atoms with E-state index in [1.165, 1.54) is 0 Å². The highest BCUT2D eigenvalue weighted by Gasteiger charge is 2.23. The molecule has 3 aromatic carbocycles. The number of carboxylic acid groups (broad SMARTS) is 1. The number of hydrogen-bond acceptors (Lipinski definition) is 6. The molecule has 4 aromatic rings. The highest BCUT2D eigenvalue weighted by Crippen LogP contribution is 2.15. The second kappa shape index (κ2) is 14.2. The Morgan fingerprint density at radius 2 is 1.59 bits per heavy atom. The van der Waals surface area contributed by atoms with Gasteiger partial charge < -0.3 is 35.7 Å². The fourth-order valence-electron chi connectivity index (χ4n) is 4.25. The Balaban J connectivity index is 1.35. The van der Waals surface area contributed by atoms with Crippen LogP contribution in [0.25, 0.3) is 11.0 Å². The third kappa shape index (κ3) is 9.31. The maximum atomic E-state index is 13.2. The number of amides is 4. The molecule has 0 radical (unpaired) electrons. The first-order valence-electron chi connectivity index (χ1n) is 14.0. The van der Waals surface area contributed by atoms with Crippen molar-refractivity contribution in [2.45, 2.75) is 52.0 Å². The molecule has 0 saturated carbocycles. The second-order valence-corrected chi connectivity index (χ2v) is 11.2. The van der Waals surface area contributed by atoms with Gasteiger partial charge >= 0.3 is 18.1 Å². The fourth-order valence-corrected chi connectivity index (χ4v) is 4.25. The van der Waals surface area contributed by atoms with Gasteiger partial charge in [-0.15, -0.1) is 0 Å². The van der Waals surface area contributed by atoms with E-state index < -0.39 is 29.6 Å². The summed E-state index contributed by atoms with van der Waals surface area (Å²) in [6, 6.07) is 21.5. The Morgan fingerprint density at radius 1 is 0.909 bits per heavy atom. The van der Waals surface area contributed by atoms with Crippen LogP contribution in [0.15, 0.2) is 78.9 Å². The molecule has 0 aliphatic carbocycles. The van der Waals surface area contributed by atoms with Crippen molar-refractivity contribution in [3.05, 3.63) is 101 Å². The zero-order chi connectivity index (χ0) is 31.7. The number of ether oxygens (including phenoxy) is 1. The summed E-state index contributed by atoms with van der Waals surface area (Å²) in [6.45, 7) is 5.80. The minimum absolute atomic E-state index is 0.0225. The summed E-state index contributed by atoms with van der Waals surface area (Å²) in [5, 5.41) is 17.3. The molecule has 1 atom stereocenters. The van der Waals surface area contributed by atoms with Crippen LogP contribution in [0.2, 0.25) is 0 Å². The maximum absolute atomic E-state index is 13.2. The average molecular weight is 601 g/mol. The van der Waals surface area contributed by atoms with Gasteiger partial charge in [0.15, 0.2) is 0 Å². The van der Waals surface area contributed by atoms with Crippen molar-refractivity contribution in [3.63, 3.8) is 0 Å². The van der Waals surface area contributed by atoms with Crippen LogP contribution in [0.3, 0.4) is 0 Å². The van der Waals surface area contributed by atoms with E-state index in [0.717, 1.165) is 22.2 Å². The van der Waals surface area contributed by atoms with Gasteiger partial charge in [-0.25, -0.2) is 19.4 Å². The maximum Gasteiger partial charge on any atom is 0.408 e. The largest absolute Gasteiger partial charge is 0.480 e. The van der Waals surface area contributed by atoms with Crippen LogP contribution in [0, 0.1) is 0 Å². The summed E-state index contributed by atoms with van der Waals surface area (Å²) in [5.41, 5.74) is 3.03. The number of rotatable bonds is 11. The molecule has 1 unspecified atom stereocenters. The number of H-pyrrole nitrogens is 1. The molecule has 1 aromatic heterocycles. The molecule has 0 aliphatic rings. The van der Waals surface area contributed by atoms with Gasteiger partial charge in [0.2, 0.25) is 0 Å². The molecule has 230 valence electrons. The van der Waals surface area contributed by atoms with Crippen LogP contribution >= 0.6 is 0 Å². The number of fused-ring (bicyclic) bond motifs is 1. The number of carbonyl (C=O) groups is 4. The standard InChI is InChI=1S/C32H36N6O6/c1-32(2,3)37-30(42)38(19-27-34-24-11-7-8-12-25(24)35-27)18-21-13-15-23(16-14-21)28(39)33-17-26(29(40)41)36-31(43)44-20-22-9-5-4-6-10-22/h4-16,26H,17-20H2,1-3H3,(H,33,39)(H,34,35)(H,36,43)(H,37,42)(H,40,41). The van der Waals surface area contributed by atoms with Gasteiger partial charge in [0, 0.05) is 24.2 Å². The molecule has 0 bridgehead atoms. The molecule has 4 amide bonds. The quantitative estimate of drug-likeness (QED) is 0.172. The van der Waals surface area contributed by atoms with Crippen LogP contribution in [0.4, 0.5) is 9.59 Å². The molecule has 0 saturated heterocycles. The number of imidazole rings is 1. The monoisotopic (exact) mass is 600 g/mol. The van der Waals surface area contributed by atoms with Crippen molar-refractivity contribution in [1.29, 1.82) is 0 Å². The summed E-state index contributed by atoms with van der Waals surface area (Å²) < 4.78 is 5.08. The number of nitrogens with one attached hydrogen (secondary N) is 4. The second-order valence-electron chi connectivity index (χ2n) is 11.2. The molecule has 12 nitrogen and oxygen atoms in total. The minimum Gasteiger partial charge on any atom is -0.480 e. The van der Waals surface area contributed by atoms with Gasteiger partial charge in [-0.05, 0) is 56.2 Å². The van der Waals surface area contributed by atoms with Gasteiger partial charge in [0.25, 0.3) is 5.91 Å². The highest BCUT2D eigenvalue weighted by atomic mass is 16.5. The molecule has 4 rings (SSSR count). The first-order chi connectivity index (χ1) is 21.0. The predicted molar refractivity (Wildman–Crippen MR) is 164 cm³/mol. The van der Waals surface area contributed by atoms with E-state index in [4.69, 9.17) is 4.74 Å². The molecule has 0 aliphatic heterocycles. The number of hydrogen-bond donors (Lipinski definition) is 5. The summed E-state index contributed by atoms with van der Waals surface area (Å²) in [7, 11) is 0. The lowest BCUT2D eigenvalue weighted by Crippen LogP contribution is -2.48. The van der Waals surface area contributed by atoms with Crippen LogP contribution in [-0.2, 0) is 29.2 Å². The number of aromatic amines is 1. The number of nitrogens with zero attached hydrogens (tertiary/aromatic N) is 2. The van der Waals surface area contributed by atoms with E-state index in [1.807, 2.05) is 51.1 Å². The number of aliphatic carboxylic acids is 1. The number of para-hydroxylation sites is 2. The van der Waals surface area contributed by atoms with Crippen LogP contribution in [0.1, 0.15) is 48.1 Å². The molecule has 12 heteroatoms. The van der Waals surface area contributed by atoms with E-state index in [-0.39, 0.29) is 37.8 Å². The van der Waals surface area contributed by atoms with Crippen LogP contribution in [0.5, 0.6) is 0 Å². The van der Waals surface area contributed by atoms with Gasteiger partial charge in [0.05, 0.1) is 17.6 Å². The SMILES string of the molecule is CC(C)(C)NC(=O)N(Cc1ccc(C(=O)NCC(NC(=O)OCc2ccccc2)C(=O)O)cc1)Cc1nc2ccccc2[nH]1. The molecular formula is C32H36N6O6. The minimum atomic E-state index is -1.39. The van der Waals surface area contributed by atoms with Gasteiger partial charge in [-0.1, -0.05) is 54.6 Å². The molecule has 0 spiro atoms. The highest BCUT2D eigenvalue weighted by molar-refractivity contribution is 5.94. The number of carboxylic acids is 1. The van der Waals surface area contributed by atoms with Crippen LogP contribution < -0.4 is 16.0 Å². The van der Waals surface area contributed by atoms with Crippen LogP contribution in [-0.4, -0.2) is 62.1 Å². The third-order valence-corrected chi connectivity index (χ3v) is 6.41. The summed E-state index contributed by atoms with van der Waals surface area (Å²) in [4.78, 5) is 59.2. The smallest absolute Gasteiger partial charge is 0.408 e. The lowest BCUT2D eigenvalue weighted by Gasteiger charge is -2.28. The topological polar surface area (TPSA) is 166 Å². The Labute approximate surface area is 254 Å². The average Bonchev–Trinajstić information content (AvgIpc) is 3.40. The van der Waals surface area contributed by atoms with Crippen molar-refractivity contribution in [2.24, 2.45) is 0 Å². The molecule has 0 fully saturated rings. The molecule has 44 heavy (non-hydrogen) atoms. The molecular weight excluding hydrogens is 564 g/mol. The molecule has 1 heterocycles. The lowest BCUT2D eigenvalue weighted by molar-refractivity contribution is -0.139. The Bertz CT molecular complexity index is 1560. The zero-order valence-corrected chi connectivity index (χ0v) is 24.8. The summed E-state index contributed by atoms with van der Waals surface area (Å²) in [5.74, 6) is -1.21. The number of urea groups is 1. The van der Waals surface area contributed by atoms with Crippen molar-refractivity contribution in [1.82, 2.24) is 30.8 Å². The third-order valence-electron chi connectivity index (χ3n) is 6.41. The van der Waals surface area contributed by atoms with Gasteiger partial charge in [-0.3, -0.25) is 4.79 Å². The van der Waals surface area contributed by atoms with E-state index in [2.05, 4.69) is 25.9 Å². The fraction of sp³-hybridized carbons (Fsp3) is 0.281. The van der Waals surface area contributed by atoms with E-state index >= 15 is 0 Å². The first kappa shape index (κ1) is 31.5. The summed E-state index contributed by atoms with van der Waals surface area (Å²) >= 11 is 0. The summed E-state index contributed by atoms with van der Waals surface area (Å²) in [6.07, 6.45) is -0.914. The zero-order valence-electron chi connectivity index (χ0n) is 24.8. The predicted octanol–water partition coefficient (Wildman–Crippen LogP) is 4.18. The van der Waals surface area contributed by atoms with Crippen molar-refractivity contribution in [2.75, 3.05) is 6.54 Å². The van der Waals surface area contributed by atoms with Crippen molar-refractivity contribution >= 4 is 35.0 Å². The normalized spacial score (nSPS) is 11.8. The number of aromatic nitrogens is 2.